The number of unbranched alkanes of at least 4 members (excludes halogenated alkanes) is 30. The minimum atomic E-state index is -4.37. The second-order valence-corrected chi connectivity index (χ2v) is 19.7. The molecule has 1 unspecified atom stereocenters. The number of allylic oxidation sites excluding steroid dienone is 2. The Morgan fingerprint density at radius 1 is 0.508 bits per heavy atom. The SMILES string of the molecule is CCCCCCCC/C=C/CCCCCCCCCC(=O)OC[C@H](COP(=O)(O)OCC[N+](C)(C)C)OC(=O)CCCCCCCCCCCCCCCCCCCC. The van der Waals surface area contributed by atoms with Crippen molar-refractivity contribution in [2.24, 2.45) is 0 Å². The summed E-state index contributed by atoms with van der Waals surface area (Å²) in [5.74, 6) is -0.789. The monoisotopic (exact) mass is 859 g/mol. The number of rotatable bonds is 46. The lowest BCUT2D eigenvalue weighted by atomic mass is 10.0. The van der Waals surface area contributed by atoms with Crippen LogP contribution in [0, 0.1) is 0 Å². The van der Waals surface area contributed by atoms with Gasteiger partial charge in [-0.2, -0.15) is 0 Å². The number of carbonyl (C=O) groups excluding carboxylic acids is 2. The van der Waals surface area contributed by atoms with Crippen LogP contribution in [-0.2, 0) is 32.7 Å². The molecule has 1 N–H and O–H groups in total. The summed E-state index contributed by atoms with van der Waals surface area (Å²) in [6.07, 6.45) is 45.4. The normalized spacial score (nSPS) is 13.5. The summed E-state index contributed by atoms with van der Waals surface area (Å²) < 4.78 is 34.4. The van der Waals surface area contributed by atoms with Gasteiger partial charge < -0.3 is 18.9 Å². The predicted octanol–water partition coefficient (Wildman–Crippen LogP) is 14.5. The van der Waals surface area contributed by atoms with Crippen LogP contribution < -0.4 is 0 Å². The lowest BCUT2D eigenvalue weighted by Crippen LogP contribution is -2.37. The van der Waals surface area contributed by atoms with Crippen molar-refractivity contribution in [1.29, 1.82) is 0 Å². The fourth-order valence-electron chi connectivity index (χ4n) is 7.13. The first-order valence-corrected chi connectivity index (χ1v) is 26.4. The highest BCUT2D eigenvalue weighted by atomic mass is 31.2. The molecule has 0 heterocycles. The van der Waals surface area contributed by atoms with Crippen LogP contribution in [-0.4, -0.2) is 74.9 Å². The van der Waals surface area contributed by atoms with Crippen molar-refractivity contribution in [3.63, 3.8) is 0 Å². The summed E-state index contributed by atoms with van der Waals surface area (Å²) in [6, 6.07) is 0. The van der Waals surface area contributed by atoms with Crippen LogP contribution in [0.3, 0.4) is 0 Å². The van der Waals surface area contributed by atoms with Gasteiger partial charge in [0, 0.05) is 12.8 Å². The van der Waals surface area contributed by atoms with Crippen LogP contribution in [0.1, 0.15) is 239 Å². The molecular formula is C49H97NO8P+. The molecule has 2 atom stereocenters. The number of hydrogen-bond donors (Lipinski definition) is 1. The Hall–Kier alpha value is -1.25. The summed E-state index contributed by atoms with van der Waals surface area (Å²) in [5.41, 5.74) is 0. The van der Waals surface area contributed by atoms with E-state index < -0.39 is 26.5 Å². The fraction of sp³-hybridized carbons (Fsp3) is 0.918. The third-order valence-corrected chi connectivity index (χ3v) is 12.0. The van der Waals surface area contributed by atoms with Crippen molar-refractivity contribution in [2.45, 2.75) is 245 Å². The van der Waals surface area contributed by atoms with Crippen molar-refractivity contribution >= 4 is 19.8 Å². The predicted molar refractivity (Wildman–Crippen MR) is 248 cm³/mol. The molecule has 350 valence electrons. The first-order valence-electron chi connectivity index (χ1n) is 24.9. The van der Waals surface area contributed by atoms with E-state index in [4.69, 9.17) is 18.5 Å². The molecular weight excluding hydrogens is 762 g/mol. The number of likely N-dealkylation sites (N-methyl/N-ethyl adjacent to an activating group) is 1. The summed E-state index contributed by atoms with van der Waals surface area (Å²) in [7, 11) is 1.49. The average Bonchev–Trinajstić information content (AvgIpc) is 3.19. The van der Waals surface area contributed by atoms with Crippen LogP contribution in [0.2, 0.25) is 0 Å². The second-order valence-electron chi connectivity index (χ2n) is 18.2. The summed E-state index contributed by atoms with van der Waals surface area (Å²) in [4.78, 5) is 35.5. The molecule has 0 aliphatic rings. The van der Waals surface area contributed by atoms with Gasteiger partial charge in [0.05, 0.1) is 27.7 Å². The molecule has 10 heteroatoms. The lowest BCUT2D eigenvalue weighted by molar-refractivity contribution is -0.870. The molecule has 0 aromatic rings. The van der Waals surface area contributed by atoms with Crippen LogP contribution in [0.25, 0.3) is 0 Å². The first kappa shape index (κ1) is 57.8. The zero-order valence-corrected chi connectivity index (χ0v) is 40.4. The Kier molecular flexibility index (Phi) is 41.2. The molecule has 0 saturated carbocycles. The van der Waals surface area contributed by atoms with E-state index in [9.17, 15) is 19.0 Å². The van der Waals surface area contributed by atoms with E-state index in [0.717, 1.165) is 32.1 Å². The van der Waals surface area contributed by atoms with Crippen LogP contribution >= 0.6 is 7.82 Å². The molecule has 9 nitrogen and oxygen atoms in total. The summed E-state index contributed by atoms with van der Waals surface area (Å²) in [5, 5.41) is 0. The van der Waals surface area contributed by atoms with Gasteiger partial charge in [0.1, 0.15) is 19.8 Å². The number of phosphoric ester groups is 1. The number of carbonyl (C=O) groups is 2. The molecule has 0 fully saturated rings. The summed E-state index contributed by atoms with van der Waals surface area (Å²) in [6.45, 7) is 4.46. The van der Waals surface area contributed by atoms with Gasteiger partial charge in [0.15, 0.2) is 6.10 Å². The Balaban J connectivity index is 4.25. The fourth-order valence-corrected chi connectivity index (χ4v) is 7.87. The van der Waals surface area contributed by atoms with E-state index in [2.05, 4.69) is 26.0 Å². The maximum Gasteiger partial charge on any atom is 0.472 e. The molecule has 0 rings (SSSR count). The number of ether oxygens (including phenoxy) is 2. The first-order chi connectivity index (χ1) is 28.5. The topological polar surface area (TPSA) is 108 Å². The molecule has 0 aromatic heterocycles. The quantitative estimate of drug-likeness (QED) is 0.0212. The number of hydrogen-bond acceptors (Lipinski definition) is 7. The van der Waals surface area contributed by atoms with Gasteiger partial charge in [0.2, 0.25) is 0 Å². The second kappa shape index (κ2) is 42.1. The smallest absolute Gasteiger partial charge is 0.462 e. The zero-order chi connectivity index (χ0) is 43.6. The number of quaternary nitrogens is 1. The van der Waals surface area contributed by atoms with Gasteiger partial charge in [-0.3, -0.25) is 18.6 Å². The highest BCUT2D eigenvalue weighted by Crippen LogP contribution is 2.43. The third-order valence-electron chi connectivity index (χ3n) is 11.0. The van der Waals surface area contributed by atoms with Gasteiger partial charge in [0.25, 0.3) is 0 Å². The van der Waals surface area contributed by atoms with E-state index in [1.165, 1.54) is 173 Å². The van der Waals surface area contributed by atoms with Crippen LogP contribution in [0.4, 0.5) is 0 Å². The molecule has 0 aliphatic carbocycles. The van der Waals surface area contributed by atoms with Gasteiger partial charge in [-0.25, -0.2) is 4.57 Å². The van der Waals surface area contributed by atoms with Gasteiger partial charge >= 0.3 is 19.8 Å². The summed E-state index contributed by atoms with van der Waals surface area (Å²) >= 11 is 0. The van der Waals surface area contributed by atoms with Crippen molar-refractivity contribution in [1.82, 2.24) is 0 Å². The Bertz CT molecular complexity index is 1020. The van der Waals surface area contributed by atoms with Crippen molar-refractivity contribution in [3.05, 3.63) is 12.2 Å². The molecule has 0 radical (unpaired) electrons. The largest absolute Gasteiger partial charge is 0.472 e. The van der Waals surface area contributed by atoms with Gasteiger partial charge in [-0.1, -0.05) is 199 Å². The third kappa shape index (κ3) is 46.1. The highest BCUT2D eigenvalue weighted by Gasteiger charge is 2.27. The van der Waals surface area contributed by atoms with Crippen molar-refractivity contribution < 1.29 is 42.1 Å². The Morgan fingerprint density at radius 2 is 0.864 bits per heavy atom. The molecule has 0 amide bonds. The highest BCUT2D eigenvalue weighted by molar-refractivity contribution is 7.47. The van der Waals surface area contributed by atoms with E-state index in [0.29, 0.717) is 17.4 Å². The average molecular weight is 859 g/mol. The minimum Gasteiger partial charge on any atom is -0.462 e. The molecule has 0 spiro atoms. The number of esters is 2. The maximum atomic E-state index is 12.7. The number of nitrogens with zero attached hydrogens (tertiary/aromatic N) is 1. The van der Waals surface area contributed by atoms with Crippen molar-refractivity contribution in [2.75, 3.05) is 47.5 Å². The van der Waals surface area contributed by atoms with Gasteiger partial charge in [-0.05, 0) is 38.5 Å². The maximum absolute atomic E-state index is 12.7. The number of phosphoric acid groups is 1. The molecule has 0 aromatic carbocycles. The molecule has 0 saturated heterocycles. The Labute approximate surface area is 365 Å². The molecule has 59 heavy (non-hydrogen) atoms. The minimum absolute atomic E-state index is 0.0345. The molecule has 0 aliphatic heterocycles. The lowest BCUT2D eigenvalue weighted by Gasteiger charge is -2.24. The van der Waals surface area contributed by atoms with E-state index in [-0.39, 0.29) is 32.0 Å². The Morgan fingerprint density at radius 3 is 1.25 bits per heavy atom. The molecule has 0 bridgehead atoms. The van der Waals surface area contributed by atoms with Crippen molar-refractivity contribution in [3.8, 4) is 0 Å². The van der Waals surface area contributed by atoms with E-state index in [1.54, 1.807) is 0 Å². The van der Waals surface area contributed by atoms with Crippen LogP contribution in [0.5, 0.6) is 0 Å². The van der Waals surface area contributed by atoms with E-state index in [1.807, 2.05) is 21.1 Å². The van der Waals surface area contributed by atoms with Gasteiger partial charge in [-0.15, -0.1) is 0 Å². The van der Waals surface area contributed by atoms with Crippen LogP contribution in [0.15, 0.2) is 12.2 Å². The standard InChI is InChI=1S/C49H96NO8P/c1-6-8-10-12-14-16-18-20-22-24-26-28-30-32-34-36-38-40-42-49(52)58-47(46-57-59(53,54)56-44-43-50(3,4)5)45-55-48(51)41-39-37-35-33-31-29-27-25-23-21-19-17-15-13-11-9-7-2/h21,23,47H,6-20,22,24-46H2,1-5H3/p+1/b23-21+/t47-/m1/s1. The zero-order valence-electron chi connectivity index (χ0n) is 39.5. The van der Waals surface area contributed by atoms with E-state index >= 15 is 0 Å².